The minimum absolute atomic E-state index is 0.480. The molecule has 5 nitrogen and oxygen atoms in total. The summed E-state index contributed by atoms with van der Waals surface area (Å²) in [6.07, 6.45) is 4.09. The molecule has 1 saturated carbocycles. The standard InChI is InChI=1S/C15H14ClN5S/c1-8-2-5-12(22-8)15-17-7-10(16)14(19-15)18-13-6-11(20-21-13)9-3-4-9/h2,5-7,9H,3-4H2,1H3,(H2,17,18,19,20,21). The molecule has 3 heterocycles. The first kappa shape index (κ1) is 13.7. The summed E-state index contributed by atoms with van der Waals surface area (Å²) in [5.41, 5.74) is 1.17. The second-order valence-electron chi connectivity index (χ2n) is 5.41. The lowest BCUT2D eigenvalue weighted by atomic mass is 10.3. The van der Waals surface area contributed by atoms with E-state index >= 15 is 0 Å². The van der Waals surface area contributed by atoms with Crippen molar-refractivity contribution in [3.05, 3.63) is 40.0 Å². The van der Waals surface area contributed by atoms with E-state index in [0.29, 0.717) is 22.6 Å². The molecule has 0 atom stereocenters. The van der Waals surface area contributed by atoms with E-state index in [1.807, 2.05) is 12.1 Å². The molecule has 0 amide bonds. The number of halogens is 1. The fraction of sp³-hybridized carbons (Fsp3) is 0.267. The van der Waals surface area contributed by atoms with E-state index < -0.39 is 0 Å². The second-order valence-corrected chi connectivity index (χ2v) is 7.10. The van der Waals surface area contributed by atoms with Gasteiger partial charge in [0, 0.05) is 22.6 Å². The van der Waals surface area contributed by atoms with Gasteiger partial charge in [0.05, 0.1) is 11.1 Å². The summed E-state index contributed by atoms with van der Waals surface area (Å²) in [6.45, 7) is 2.06. The first-order chi connectivity index (χ1) is 10.7. The molecule has 112 valence electrons. The van der Waals surface area contributed by atoms with Crippen molar-refractivity contribution in [3.8, 4) is 10.7 Å². The highest BCUT2D eigenvalue weighted by Crippen LogP contribution is 2.39. The maximum absolute atomic E-state index is 6.20. The second kappa shape index (κ2) is 5.37. The third kappa shape index (κ3) is 2.71. The van der Waals surface area contributed by atoms with Gasteiger partial charge < -0.3 is 5.32 Å². The number of nitrogens with one attached hydrogen (secondary N) is 2. The van der Waals surface area contributed by atoms with Crippen molar-refractivity contribution in [1.29, 1.82) is 0 Å². The molecule has 3 aromatic rings. The highest BCUT2D eigenvalue weighted by Gasteiger charge is 2.25. The molecule has 2 N–H and O–H groups in total. The molecule has 0 spiro atoms. The molecule has 22 heavy (non-hydrogen) atoms. The Kier molecular flexibility index (Phi) is 3.35. The van der Waals surface area contributed by atoms with E-state index in [4.69, 9.17) is 11.6 Å². The molecule has 0 aliphatic heterocycles. The van der Waals surface area contributed by atoms with Crippen molar-refractivity contribution in [2.45, 2.75) is 25.7 Å². The van der Waals surface area contributed by atoms with Crippen LogP contribution in [0.25, 0.3) is 10.7 Å². The number of thiophene rings is 1. The molecule has 1 aliphatic carbocycles. The summed E-state index contributed by atoms with van der Waals surface area (Å²) < 4.78 is 0. The number of rotatable bonds is 4. The number of anilines is 2. The van der Waals surface area contributed by atoms with Crippen LogP contribution in [0.2, 0.25) is 5.02 Å². The first-order valence-electron chi connectivity index (χ1n) is 7.11. The zero-order chi connectivity index (χ0) is 15.1. The van der Waals surface area contributed by atoms with E-state index in [0.717, 1.165) is 10.7 Å². The van der Waals surface area contributed by atoms with Crippen LogP contribution in [0.4, 0.5) is 11.6 Å². The molecule has 7 heteroatoms. The molecule has 1 aliphatic rings. The molecule has 0 unspecified atom stereocenters. The Morgan fingerprint density at radius 3 is 2.95 bits per heavy atom. The first-order valence-corrected chi connectivity index (χ1v) is 8.30. The highest BCUT2D eigenvalue weighted by atomic mass is 35.5. The third-order valence-electron chi connectivity index (χ3n) is 3.57. The molecule has 3 aromatic heterocycles. The van der Waals surface area contributed by atoms with Crippen LogP contribution in [0, 0.1) is 6.92 Å². The molecule has 0 radical (unpaired) electrons. The largest absolute Gasteiger partial charge is 0.322 e. The number of H-pyrrole nitrogens is 1. The van der Waals surface area contributed by atoms with Crippen molar-refractivity contribution in [2.24, 2.45) is 0 Å². The van der Waals surface area contributed by atoms with Crippen LogP contribution in [-0.4, -0.2) is 20.2 Å². The maximum atomic E-state index is 6.20. The molecule has 0 bridgehead atoms. The van der Waals surface area contributed by atoms with E-state index in [2.05, 4.69) is 38.5 Å². The Morgan fingerprint density at radius 2 is 2.23 bits per heavy atom. The summed E-state index contributed by atoms with van der Waals surface area (Å²) in [5, 5.41) is 11.0. The Balaban J connectivity index is 1.62. The summed E-state index contributed by atoms with van der Waals surface area (Å²) in [6, 6.07) is 6.10. The van der Waals surface area contributed by atoms with Crippen LogP contribution in [0.15, 0.2) is 24.4 Å². The van der Waals surface area contributed by atoms with Crippen molar-refractivity contribution < 1.29 is 0 Å². The molecule has 0 aromatic carbocycles. The SMILES string of the molecule is Cc1ccc(-c2ncc(Cl)c(Nc3cc(C4CC4)[nH]n3)n2)s1. The molecular formula is C15H14ClN5S. The summed E-state index contributed by atoms with van der Waals surface area (Å²) in [5.74, 6) is 2.61. The van der Waals surface area contributed by atoms with Crippen LogP contribution in [0.3, 0.4) is 0 Å². The molecule has 1 fully saturated rings. The lowest BCUT2D eigenvalue weighted by Gasteiger charge is -2.05. The van der Waals surface area contributed by atoms with E-state index in [1.54, 1.807) is 17.5 Å². The zero-order valence-corrected chi connectivity index (χ0v) is 13.5. The fourth-order valence-electron chi connectivity index (χ4n) is 2.25. The van der Waals surface area contributed by atoms with Gasteiger partial charge in [0.2, 0.25) is 0 Å². The van der Waals surface area contributed by atoms with Crippen LogP contribution < -0.4 is 5.32 Å². The van der Waals surface area contributed by atoms with Gasteiger partial charge in [0.15, 0.2) is 17.5 Å². The third-order valence-corrected chi connectivity index (χ3v) is 4.84. The van der Waals surface area contributed by atoms with Crippen molar-refractivity contribution >= 4 is 34.6 Å². The van der Waals surface area contributed by atoms with Crippen LogP contribution >= 0.6 is 22.9 Å². The van der Waals surface area contributed by atoms with Crippen molar-refractivity contribution in [2.75, 3.05) is 5.32 Å². The number of aromatic nitrogens is 4. The predicted octanol–water partition coefficient (Wildman–Crippen LogP) is 4.51. The highest BCUT2D eigenvalue weighted by molar-refractivity contribution is 7.15. The van der Waals surface area contributed by atoms with Gasteiger partial charge in [-0.05, 0) is 31.9 Å². The number of aromatic amines is 1. The predicted molar refractivity (Wildman–Crippen MR) is 88.9 cm³/mol. The molecule has 0 saturated heterocycles. The lowest BCUT2D eigenvalue weighted by Crippen LogP contribution is -1.97. The van der Waals surface area contributed by atoms with Gasteiger partial charge in [-0.1, -0.05) is 11.6 Å². The van der Waals surface area contributed by atoms with E-state index in [1.165, 1.54) is 23.4 Å². The number of hydrogen-bond acceptors (Lipinski definition) is 5. The van der Waals surface area contributed by atoms with Gasteiger partial charge in [-0.15, -0.1) is 11.3 Å². The average molecular weight is 332 g/mol. The van der Waals surface area contributed by atoms with Crippen LogP contribution in [0.5, 0.6) is 0 Å². The Labute approximate surface area is 136 Å². The Morgan fingerprint density at radius 1 is 1.36 bits per heavy atom. The van der Waals surface area contributed by atoms with Gasteiger partial charge >= 0.3 is 0 Å². The topological polar surface area (TPSA) is 66.5 Å². The summed E-state index contributed by atoms with van der Waals surface area (Å²) >= 11 is 7.86. The van der Waals surface area contributed by atoms with Gasteiger partial charge in [-0.25, -0.2) is 9.97 Å². The Hall–Kier alpha value is -1.92. The van der Waals surface area contributed by atoms with Gasteiger partial charge in [0.25, 0.3) is 0 Å². The number of hydrogen-bond donors (Lipinski definition) is 2. The fourth-order valence-corrected chi connectivity index (χ4v) is 3.20. The molecule has 4 rings (SSSR count). The van der Waals surface area contributed by atoms with E-state index in [-0.39, 0.29) is 0 Å². The van der Waals surface area contributed by atoms with E-state index in [9.17, 15) is 0 Å². The van der Waals surface area contributed by atoms with Crippen LogP contribution in [-0.2, 0) is 0 Å². The number of nitrogens with zero attached hydrogens (tertiary/aromatic N) is 3. The van der Waals surface area contributed by atoms with Crippen LogP contribution in [0.1, 0.15) is 29.3 Å². The Bertz CT molecular complexity index is 821. The van der Waals surface area contributed by atoms with Gasteiger partial charge in [0.1, 0.15) is 5.02 Å². The van der Waals surface area contributed by atoms with Crippen molar-refractivity contribution in [3.63, 3.8) is 0 Å². The zero-order valence-electron chi connectivity index (χ0n) is 11.9. The summed E-state index contributed by atoms with van der Waals surface area (Å²) in [7, 11) is 0. The molecular weight excluding hydrogens is 318 g/mol. The smallest absolute Gasteiger partial charge is 0.171 e. The minimum atomic E-state index is 0.480. The quantitative estimate of drug-likeness (QED) is 0.738. The maximum Gasteiger partial charge on any atom is 0.171 e. The van der Waals surface area contributed by atoms with Crippen molar-refractivity contribution in [1.82, 2.24) is 20.2 Å². The van der Waals surface area contributed by atoms with Gasteiger partial charge in [-0.3, -0.25) is 5.10 Å². The minimum Gasteiger partial charge on any atom is -0.322 e. The average Bonchev–Trinajstić information content (AvgIpc) is 3.10. The normalized spacial score (nSPS) is 14.3. The summed E-state index contributed by atoms with van der Waals surface area (Å²) in [4.78, 5) is 11.1. The number of aryl methyl sites for hydroxylation is 1. The monoisotopic (exact) mass is 331 g/mol. The van der Waals surface area contributed by atoms with Gasteiger partial charge in [-0.2, -0.15) is 5.10 Å². The lowest BCUT2D eigenvalue weighted by molar-refractivity contribution is 0.966.